The fourth-order valence-corrected chi connectivity index (χ4v) is 2.18. The Hall–Kier alpha value is -3.35. The molecule has 0 spiro atoms. The molecule has 0 atom stereocenters. The van der Waals surface area contributed by atoms with Crippen LogP contribution in [0.1, 0.15) is 0 Å². The molecular formula is C15H8N4O3. The number of aromatic nitrogens is 3. The second kappa shape index (κ2) is 4.59. The molecule has 0 aliphatic rings. The second-order valence-electron chi connectivity index (χ2n) is 4.66. The molecule has 106 valence electrons. The predicted octanol–water partition coefficient (Wildman–Crippen LogP) is 3.35. The number of rotatable bonds is 2. The van der Waals surface area contributed by atoms with Gasteiger partial charge in [0.15, 0.2) is 0 Å². The van der Waals surface area contributed by atoms with E-state index in [9.17, 15) is 10.1 Å². The van der Waals surface area contributed by atoms with Gasteiger partial charge in [-0.3, -0.25) is 10.1 Å². The maximum Gasteiger partial charge on any atom is 0.269 e. The van der Waals surface area contributed by atoms with Crippen molar-refractivity contribution in [1.82, 2.24) is 15.0 Å². The van der Waals surface area contributed by atoms with Crippen molar-refractivity contribution in [1.29, 1.82) is 0 Å². The van der Waals surface area contributed by atoms with E-state index in [1.54, 1.807) is 12.1 Å². The molecule has 0 saturated carbocycles. The number of benzene rings is 2. The lowest BCUT2D eigenvalue weighted by atomic mass is 10.2. The van der Waals surface area contributed by atoms with Crippen molar-refractivity contribution in [3.05, 3.63) is 58.6 Å². The normalized spacial score (nSPS) is 11.1. The Morgan fingerprint density at radius 3 is 2.27 bits per heavy atom. The highest BCUT2D eigenvalue weighted by molar-refractivity contribution is 5.82. The lowest BCUT2D eigenvalue weighted by molar-refractivity contribution is -0.384. The summed E-state index contributed by atoms with van der Waals surface area (Å²) in [7, 11) is 0. The summed E-state index contributed by atoms with van der Waals surface area (Å²) in [6, 6.07) is 13.4. The van der Waals surface area contributed by atoms with Crippen LogP contribution < -0.4 is 0 Å². The Balaban J connectivity index is 1.84. The lowest BCUT2D eigenvalue weighted by Crippen LogP contribution is -1.87. The van der Waals surface area contributed by atoms with Gasteiger partial charge in [-0.1, -0.05) is 12.1 Å². The monoisotopic (exact) mass is 292 g/mol. The molecule has 7 heteroatoms. The summed E-state index contributed by atoms with van der Waals surface area (Å²) < 4.78 is 5.61. The first-order valence-electron chi connectivity index (χ1n) is 6.49. The molecule has 0 fully saturated rings. The van der Waals surface area contributed by atoms with Crippen LogP contribution in [-0.4, -0.2) is 19.9 Å². The standard InChI is InChI=1S/C15H8N4O3/c20-19(21)10-7-5-9(6-8-10)14-18-13-15(22-14)17-12-4-2-1-3-11(12)16-13/h1-8H. The first-order valence-corrected chi connectivity index (χ1v) is 6.49. The van der Waals surface area contributed by atoms with Gasteiger partial charge < -0.3 is 4.42 Å². The molecule has 4 rings (SSSR count). The molecule has 0 unspecified atom stereocenters. The van der Waals surface area contributed by atoms with E-state index in [-0.39, 0.29) is 5.69 Å². The summed E-state index contributed by atoms with van der Waals surface area (Å²) in [6.45, 7) is 0. The second-order valence-corrected chi connectivity index (χ2v) is 4.66. The minimum Gasteiger partial charge on any atom is -0.416 e. The van der Waals surface area contributed by atoms with Crippen molar-refractivity contribution in [2.45, 2.75) is 0 Å². The summed E-state index contributed by atoms with van der Waals surface area (Å²) in [4.78, 5) is 23.3. The quantitative estimate of drug-likeness (QED) is 0.415. The largest absolute Gasteiger partial charge is 0.416 e. The van der Waals surface area contributed by atoms with E-state index in [0.717, 1.165) is 11.0 Å². The Morgan fingerprint density at radius 2 is 1.59 bits per heavy atom. The van der Waals surface area contributed by atoms with Crippen molar-refractivity contribution in [2.75, 3.05) is 0 Å². The molecule has 2 heterocycles. The predicted molar refractivity (Wildman–Crippen MR) is 79.2 cm³/mol. The molecule has 0 bridgehead atoms. The van der Waals surface area contributed by atoms with Crippen molar-refractivity contribution in [2.24, 2.45) is 0 Å². The van der Waals surface area contributed by atoms with Gasteiger partial charge in [-0.15, -0.1) is 0 Å². The molecule has 0 N–H and O–H groups in total. The van der Waals surface area contributed by atoms with Gasteiger partial charge >= 0.3 is 0 Å². The van der Waals surface area contributed by atoms with E-state index in [0.29, 0.717) is 22.8 Å². The number of fused-ring (bicyclic) bond motifs is 2. The molecule has 0 aliphatic carbocycles. The van der Waals surface area contributed by atoms with Gasteiger partial charge in [-0.25, -0.2) is 9.97 Å². The van der Waals surface area contributed by atoms with Gasteiger partial charge in [0, 0.05) is 17.7 Å². The van der Waals surface area contributed by atoms with Crippen molar-refractivity contribution < 1.29 is 9.34 Å². The summed E-state index contributed by atoms with van der Waals surface area (Å²) in [5.74, 6) is 0.334. The molecule has 0 radical (unpaired) electrons. The summed E-state index contributed by atoms with van der Waals surface area (Å²) in [6.07, 6.45) is 0. The zero-order valence-electron chi connectivity index (χ0n) is 11.1. The molecular weight excluding hydrogens is 284 g/mol. The van der Waals surface area contributed by atoms with Crippen LogP contribution in [-0.2, 0) is 0 Å². The van der Waals surface area contributed by atoms with Crippen LogP contribution >= 0.6 is 0 Å². The summed E-state index contributed by atoms with van der Waals surface area (Å²) in [5, 5.41) is 10.7. The molecule has 0 amide bonds. The number of para-hydroxylation sites is 2. The number of hydrogen-bond acceptors (Lipinski definition) is 6. The average molecular weight is 292 g/mol. The lowest BCUT2D eigenvalue weighted by Gasteiger charge is -1.94. The van der Waals surface area contributed by atoms with Crippen molar-refractivity contribution in [3.8, 4) is 11.5 Å². The summed E-state index contributed by atoms with van der Waals surface area (Å²) in [5.41, 5.74) is 2.86. The van der Waals surface area contributed by atoms with Gasteiger partial charge in [0.2, 0.25) is 11.5 Å². The number of oxazole rings is 1. The SMILES string of the molecule is O=[N+]([O-])c1ccc(-c2nc3nc4ccccc4nc3o2)cc1. The molecule has 0 aliphatic heterocycles. The number of nitro groups is 1. The van der Waals surface area contributed by atoms with Crippen LogP contribution in [0.2, 0.25) is 0 Å². The maximum atomic E-state index is 10.7. The van der Waals surface area contributed by atoms with E-state index < -0.39 is 4.92 Å². The molecule has 4 aromatic rings. The van der Waals surface area contributed by atoms with Crippen LogP contribution in [0.5, 0.6) is 0 Å². The Morgan fingerprint density at radius 1 is 0.909 bits per heavy atom. The third-order valence-electron chi connectivity index (χ3n) is 3.25. The number of nitro benzene ring substituents is 1. The van der Waals surface area contributed by atoms with Crippen molar-refractivity contribution in [3.63, 3.8) is 0 Å². The maximum absolute atomic E-state index is 10.7. The third kappa shape index (κ3) is 1.96. The number of nitrogens with zero attached hydrogens (tertiary/aromatic N) is 4. The van der Waals surface area contributed by atoms with Crippen LogP contribution in [0.25, 0.3) is 33.8 Å². The van der Waals surface area contributed by atoms with Gasteiger partial charge in [-0.05, 0) is 24.3 Å². The fraction of sp³-hybridized carbons (Fsp3) is 0. The Kier molecular flexibility index (Phi) is 2.59. The van der Waals surface area contributed by atoms with Crippen molar-refractivity contribution >= 4 is 28.1 Å². The van der Waals surface area contributed by atoms with Gasteiger partial charge in [0.1, 0.15) is 0 Å². The van der Waals surface area contributed by atoms with Gasteiger partial charge in [0.25, 0.3) is 11.4 Å². The number of hydrogen-bond donors (Lipinski definition) is 0. The van der Waals surface area contributed by atoms with E-state index in [4.69, 9.17) is 4.42 Å². The Bertz CT molecular complexity index is 956. The van der Waals surface area contributed by atoms with Crippen LogP contribution in [0.3, 0.4) is 0 Å². The summed E-state index contributed by atoms with van der Waals surface area (Å²) >= 11 is 0. The zero-order chi connectivity index (χ0) is 15.1. The van der Waals surface area contributed by atoms with Crippen LogP contribution in [0.4, 0.5) is 5.69 Å². The van der Waals surface area contributed by atoms with E-state index in [1.807, 2.05) is 24.3 Å². The first kappa shape index (κ1) is 12.4. The van der Waals surface area contributed by atoms with Crippen LogP contribution in [0, 0.1) is 10.1 Å². The number of non-ortho nitro benzene ring substituents is 1. The van der Waals surface area contributed by atoms with Gasteiger partial charge in [-0.2, -0.15) is 4.98 Å². The molecule has 2 aromatic heterocycles. The highest BCUT2D eigenvalue weighted by Gasteiger charge is 2.13. The molecule has 22 heavy (non-hydrogen) atoms. The Labute approximate surface area is 123 Å². The van der Waals surface area contributed by atoms with E-state index in [2.05, 4.69) is 15.0 Å². The van der Waals surface area contributed by atoms with Crippen LogP contribution in [0.15, 0.2) is 52.9 Å². The molecule has 2 aromatic carbocycles. The molecule has 7 nitrogen and oxygen atoms in total. The minimum atomic E-state index is -0.453. The first-order chi connectivity index (χ1) is 10.7. The average Bonchev–Trinajstić information content (AvgIpc) is 2.95. The third-order valence-corrected chi connectivity index (χ3v) is 3.25. The van der Waals surface area contributed by atoms with E-state index >= 15 is 0 Å². The smallest absolute Gasteiger partial charge is 0.269 e. The molecule has 0 saturated heterocycles. The highest BCUT2D eigenvalue weighted by Crippen LogP contribution is 2.25. The van der Waals surface area contributed by atoms with E-state index in [1.165, 1.54) is 12.1 Å². The fourth-order valence-electron chi connectivity index (χ4n) is 2.18. The zero-order valence-corrected chi connectivity index (χ0v) is 11.1. The highest BCUT2D eigenvalue weighted by atomic mass is 16.6. The topological polar surface area (TPSA) is 95.0 Å². The van der Waals surface area contributed by atoms with Gasteiger partial charge in [0.05, 0.1) is 16.0 Å². The minimum absolute atomic E-state index is 0.0156.